The van der Waals surface area contributed by atoms with Crippen LogP contribution in [0.1, 0.15) is 22.1 Å². The van der Waals surface area contributed by atoms with Crippen molar-refractivity contribution in [3.8, 4) is 0 Å². The minimum atomic E-state index is 0.0300. The molecule has 1 N–H and O–H groups in total. The molecule has 1 heterocycles. The van der Waals surface area contributed by atoms with Gasteiger partial charge < -0.3 is 5.32 Å². The molecule has 26 heavy (non-hydrogen) atoms. The van der Waals surface area contributed by atoms with Crippen LogP contribution in [0.15, 0.2) is 66.7 Å². The van der Waals surface area contributed by atoms with E-state index in [0.29, 0.717) is 11.0 Å². The highest BCUT2D eigenvalue weighted by Gasteiger charge is 2.17. The molecule has 0 radical (unpaired) electrons. The molecule has 0 spiro atoms. The molecule has 0 aromatic heterocycles. The van der Waals surface area contributed by atoms with Crippen molar-refractivity contribution in [2.45, 2.75) is 17.4 Å². The summed E-state index contributed by atoms with van der Waals surface area (Å²) in [4.78, 5) is 12.6. The predicted octanol–water partition coefficient (Wildman–Crippen LogP) is 5.89. The van der Waals surface area contributed by atoms with Crippen LogP contribution in [0.2, 0.25) is 0 Å². The van der Waals surface area contributed by atoms with E-state index in [0.717, 1.165) is 16.6 Å². The lowest BCUT2D eigenvalue weighted by atomic mass is 10.0. The molecule has 0 aliphatic carbocycles. The number of carbonyl (C=O) groups excluding carboxylic acids is 1. The minimum Gasteiger partial charge on any atom is -0.326 e. The minimum absolute atomic E-state index is 0.0300. The Balaban J connectivity index is 1.48. The first-order valence-corrected chi connectivity index (χ1v) is 11.0. The first-order valence-electron chi connectivity index (χ1n) is 8.89. The van der Waals surface area contributed by atoms with E-state index >= 15 is 0 Å². The van der Waals surface area contributed by atoms with Crippen molar-refractivity contribution in [1.82, 2.24) is 0 Å². The van der Waals surface area contributed by atoms with E-state index in [1.54, 1.807) is 0 Å². The Labute approximate surface area is 162 Å². The van der Waals surface area contributed by atoms with Crippen molar-refractivity contribution in [1.29, 1.82) is 0 Å². The lowest BCUT2D eigenvalue weighted by molar-refractivity contribution is -0.115. The molecule has 1 aliphatic rings. The van der Waals surface area contributed by atoms with Crippen LogP contribution < -0.4 is 5.32 Å². The van der Waals surface area contributed by atoms with Crippen molar-refractivity contribution >= 4 is 45.9 Å². The van der Waals surface area contributed by atoms with Gasteiger partial charge in [-0.2, -0.15) is 0 Å². The third-order valence-electron chi connectivity index (χ3n) is 4.50. The predicted molar refractivity (Wildman–Crippen MR) is 115 cm³/mol. The maximum atomic E-state index is 12.6. The first kappa shape index (κ1) is 17.5. The van der Waals surface area contributed by atoms with Crippen molar-refractivity contribution in [2.75, 3.05) is 16.8 Å². The van der Waals surface area contributed by atoms with E-state index in [1.165, 1.54) is 28.9 Å². The highest BCUT2D eigenvalue weighted by atomic mass is 32.2. The second kappa shape index (κ2) is 8.19. The van der Waals surface area contributed by atoms with E-state index in [1.807, 2.05) is 59.9 Å². The zero-order chi connectivity index (χ0) is 17.8. The molecule has 1 fully saturated rings. The molecule has 132 valence electrons. The Hall–Kier alpha value is -1.91. The maximum absolute atomic E-state index is 12.6. The summed E-state index contributed by atoms with van der Waals surface area (Å²) in [5, 5.41) is 5.40. The van der Waals surface area contributed by atoms with Crippen LogP contribution in [-0.2, 0) is 11.2 Å². The lowest BCUT2D eigenvalue weighted by Gasteiger charge is -2.21. The number of thioether (sulfide) groups is 2. The maximum Gasteiger partial charge on any atom is 0.228 e. The van der Waals surface area contributed by atoms with Crippen LogP contribution in [0.4, 0.5) is 5.69 Å². The zero-order valence-corrected chi connectivity index (χ0v) is 16.1. The second-order valence-electron chi connectivity index (χ2n) is 6.42. The quantitative estimate of drug-likeness (QED) is 0.613. The summed E-state index contributed by atoms with van der Waals surface area (Å²) in [5.41, 5.74) is 3.25. The number of benzene rings is 3. The summed E-state index contributed by atoms with van der Waals surface area (Å²) in [7, 11) is 0. The van der Waals surface area contributed by atoms with Gasteiger partial charge in [0.2, 0.25) is 5.91 Å². The van der Waals surface area contributed by atoms with Crippen molar-refractivity contribution < 1.29 is 4.79 Å². The Morgan fingerprint density at radius 1 is 0.962 bits per heavy atom. The molecular weight excluding hydrogens is 358 g/mol. The van der Waals surface area contributed by atoms with Gasteiger partial charge in [0.1, 0.15) is 0 Å². The molecule has 4 heteroatoms. The van der Waals surface area contributed by atoms with E-state index in [-0.39, 0.29) is 5.91 Å². The summed E-state index contributed by atoms with van der Waals surface area (Å²) in [6.07, 6.45) is 1.67. The SMILES string of the molecule is O=C(Cc1cccc2ccccc12)Nc1cccc(C2SCCCS2)c1. The molecular formula is C22H21NOS2. The first-order chi connectivity index (χ1) is 12.8. The van der Waals surface area contributed by atoms with Gasteiger partial charge in [-0.25, -0.2) is 0 Å². The number of anilines is 1. The molecule has 3 aromatic carbocycles. The van der Waals surface area contributed by atoms with Crippen LogP contribution in [0.5, 0.6) is 0 Å². The Bertz CT molecular complexity index is 913. The third-order valence-corrected chi connectivity index (χ3v) is 7.52. The average Bonchev–Trinajstić information content (AvgIpc) is 2.69. The molecule has 1 aliphatic heterocycles. The number of rotatable bonds is 4. The third kappa shape index (κ3) is 4.08. The normalized spacial score (nSPS) is 15.1. The van der Waals surface area contributed by atoms with Gasteiger partial charge in [0.05, 0.1) is 11.0 Å². The van der Waals surface area contributed by atoms with Crippen LogP contribution in [0, 0.1) is 0 Å². The van der Waals surface area contributed by atoms with Gasteiger partial charge in [0.25, 0.3) is 0 Å². The summed E-state index contributed by atoms with van der Waals surface area (Å²) in [6, 6.07) is 22.6. The number of fused-ring (bicyclic) bond motifs is 1. The number of nitrogens with one attached hydrogen (secondary N) is 1. The number of amides is 1. The van der Waals surface area contributed by atoms with Crippen LogP contribution >= 0.6 is 23.5 Å². The molecule has 0 saturated carbocycles. The highest BCUT2D eigenvalue weighted by molar-refractivity contribution is 8.16. The standard InChI is InChI=1S/C22H21NOS2/c24-21(15-17-8-3-7-16-6-1-2-11-20(16)17)23-19-10-4-9-18(14-19)22-25-12-5-13-26-22/h1-4,6-11,14,22H,5,12-13,15H2,(H,23,24). The summed E-state index contributed by atoms with van der Waals surface area (Å²) < 4.78 is 0.485. The van der Waals surface area contributed by atoms with Crippen molar-refractivity contribution in [3.63, 3.8) is 0 Å². The summed E-state index contributed by atoms with van der Waals surface area (Å²) in [5.74, 6) is 2.47. The lowest BCUT2D eigenvalue weighted by Crippen LogP contribution is -2.14. The van der Waals surface area contributed by atoms with E-state index in [9.17, 15) is 4.79 Å². The highest BCUT2D eigenvalue weighted by Crippen LogP contribution is 2.44. The van der Waals surface area contributed by atoms with Gasteiger partial charge >= 0.3 is 0 Å². The van der Waals surface area contributed by atoms with Gasteiger partial charge in [-0.15, -0.1) is 23.5 Å². The Morgan fingerprint density at radius 3 is 2.62 bits per heavy atom. The summed E-state index contributed by atoms with van der Waals surface area (Å²) in [6.45, 7) is 0. The molecule has 4 rings (SSSR count). The fourth-order valence-electron chi connectivity index (χ4n) is 3.27. The van der Waals surface area contributed by atoms with E-state index < -0.39 is 0 Å². The van der Waals surface area contributed by atoms with Gasteiger partial charge in [-0.05, 0) is 52.0 Å². The largest absolute Gasteiger partial charge is 0.326 e. The smallest absolute Gasteiger partial charge is 0.228 e. The van der Waals surface area contributed by atoms with E-state index in [4.69, 9.17) is 0 Å². The van der Waals surface area contributed by atoms with Crippen molar-refractivity contribution in [3.05, 3.63) is 77.9 Å². The number of hydrogen-bond acceptors (Lipinski definition) is 3. The average molecular weight is 380 g/mol. The van der Waals surface area contributed by atoms with Gasteiger partial charge in [-0.1, -0.05) is 54.6 Å². The van der Waals surface area contributed by atoms with Gasteiger partial charge in [0.15, 0.2) is 0 Å². The van der Waals surface area contributed by atoms with Gasteiger partial charge in [-0.3, -0.25) is 4.79 Å². The molecule has 0 bridgehead atoms. The zero-order valence-electron chi connectivity index (χ0n) is 14.5. The van der Waals surface area contributed by atoms with Crippen LogP contribution in [0.3, 0.4) is 0 Å². The number of hydrogen-bond donors (Lipinski definition) is 1. The second-order valence-corrected chi connectivity index (χ2v) is 9.14. The van der Waals surface area contributed by atoms with E-state index in [2.05, 4.69) is 35.6 Å². The fourth-order valence-corrected chi connectivity index (χ4v) is 6.14. The fraction of sp³-hybridized carbons (Fsp3) is 0.227. The Kier molecular flexibility index (Phi) is 5.51. The molecule has 0 unspecified atom stereocenters. The molecule has 1 saturated heterocycles. The number of carbonyl (C=O) groups is 1. The summed E-state index contributed by atoms with van der Waals surface area (Å²) >= 11 is 4.00. The van der Waals surface area contributed by atoms with Crippen LogP contribution in [-0.4, -0.2) is 17.4 Å². The molecule has 0 atom stereocenters. The monoisotopic (exact) mass is 379 g/mol. The molecule has 3 aromatic rings. The molecule has 1 amide bonds. The topological polar surface area (TPSA) is 29.1 Å². The van der Waals surface area contributed by atoms with Gasteiger partial charge in [0, 0.05) is 5.69 Å². The molecule has 2 nitrogen and oxygen atoms in total. The van der Waals surface area contributed by atoms with Crippen LogP contribution in [0.25, 0.3) is 10.8 Å². The van der Waals surface area contributed by atoms with Crippen molar-refractivity contribution in [2.24, 2.45) is 0 Å². The Morgan fingerprint density at radius 2 is 1.73 bits per heavy atom.